The first-order chi connectivity index (χ1) is 13.1. The summed E-state index contributed by atoms with van der Waals surface area (Å²) in [5, 5.41) is 8.61. The van der Waals surface area contributed by atoms with Crippen molar-refractivity contribution in [1.82, 2.24) is 10.2 Å². The predicted octanol–water partition coefficient (Wildman–Crippen LogP) is 3.63. The summed E-state index contributed by atoms with van der Waals surface area (Å²) in [5.41, 5.74) is 2.38. The van der Waals surface area contributed by atoms with E-state index in [0.717, 1.165) is 38.9 Å². The van der Waals surface area contributed by atoms with Crippen molar-refractivity contribution in [3.63, 3.8) is 0 Å². The largest absolute Gasteiger partial charge is 0.338 e. The Morgan fingerprint density at radius 3 is 2.70 bits per heavy atom. The molecule has 0 saturated carbocycles. The molecule has 1 aliphatic rings. The minimum Gasteiger partial charge on any atom is -0.338 e. The van der Waals surface area contributed by atoms with Gasteiger partial charge >= 0.3 is 0 Å². The van der Waals surface area contributed by atoms with Gasteiger partial charge in [-0.05, 0) is 67.9 Å². The molecule has 0 spiro atoms. The van der Waals surface area contributed by atoms with Crippen LogP contribution in [-0.4, -0.2) is 43.4 Å². The van der Waals surface area contributed by atoms with Crippen LogP contribution in [0.2, 0.25) is 0 Å². The van der Waals surface area contributed by atoms with Crippen LogP contribution in [0, 0.1) is 5.92 Å². The first-order valence-electron chi connectivity index (χ1n) is 9.54. The molecule has 2 aromatic rings. The van der Waals surface area contributed by atoms with Crippen LogP contribution in [-0.2, 0) is 6.42 Å². The number of nitrogens with zero attached hydrogens (tertiary/aromatic N) is 1. The molecule has 5 nitrogen and oxygen atoms in total. The Balaban J connectivity index is 1.69. The molecule has 1 aromatic carbocycles. The van der Waals surface area contributed by atoms with E-state index in [2.05, 4.69) is 17.6 Å². The van der Waals surface area contributed by atoms with Crippen molar-refractivity contribution in [2.75, 3.05) is 32.0 Å². The van der Waals surface area contributed by atoms with Crippen LogP contribution < -0.4 is 10.6 Å². The fourth-order valence-electron chi connectivity index (χ4n) is 3.52. The van der Waals surface area contributed by atoms with E-state index in [9.17, 15) is 9.59 Å². The highest BCUT2D eigenvalue weighted by Gasteiger charge is 2.26. The van der Waals surface area contributed by atoms with E-state index in [1.165, 1.54) is 16.9 Å². The molecular formula is C21H27N3O2S. The van der Waals surface area contributed by atoms with Gasteiger partial charge in [-0.15, -0.1) is 11.3 Å². The van der Waals surface area contributed by atoms with Gasteiger partial charge in [0.05, 0.1) is 5.56 Å². The SMILES string of the molecule is CCc1ccc(C(=O)Nc2sccc2C(=O)N2CCCC(CNC)C2)cc1. The number of carbonyl (C=O) groups is 2. The summed E-state index contributed by atoms with van der Waals surface area (Å²) < 4.78 is 0. The second kappa shape index (κ2) is 9.15. The molecule has 6 heteroatoms. The normalized spacial score (nSPS) is 17.0. The zero-order valence-electron chi connectivity index (χ0n) is 16.0. The molecule has 144 valence electrons. The van der Waals surface area contributed by atoms with E-state index in [-0.39, 0.29) is 11.8 Å². The van der Waals surface area contributed by atoms with Gasteiger partial charge in [0.15, 0.2) is 0 Å². The number of nitrogens with one attached hydrogen (secondary N) is 2. The Morgan fingerprint density at radius 1 is 1.22 bits per heavy atom. The zero-order valence-corrected chi connectivity index (χ0v) is 16.8. The highest BCUT2D eigenvalue weighted by Crippen LogP contribution is 2.27. The lowest BCUT2D eigenvalue weighted by atomic mass is 9.97. The number of carbonyl (C=O) groups excluding carboxylic acids is 2. The number of piperidine rings is 1. The molecular weight excluding hydrogens is 358 g/mol. The number of hydrogen-bond acceptors (Lipinski definition) is 4. The molecule has 1 atom stereocenters. The number of amides is 2. The number of likely N-dealkylation sites (tertiary alicyclic amines) is 1. The highest BCUT2D eigenvalue weighted by molar-refractivity contribution is 7.14. The molecule has 2 amide bonds. The third-order valence-electron chi connectivity index (χ3n) is 5.05. The smallest absolute Gasteiger partial charge is 0.256 e. The fraction of sp³-hybridized carbons (Fsp3) is 0.429. The summed E-state index contributed by atoms with van der Waals surface area (Å²) in [6.45, 7) is 4.55. The first kappa shape index (κ1) is 19.6. The van der Waals surface area contributed by atoms with Crippen LogP contribution in [0.15, 0.2) is 35.7 Å². The Bertz CT molecular complexity index is 783. The molecule has 0 radical (unpaired) electrons. The van der Waals surface area contributed by atoms with Gasteiger partial charge in [0.1, 0.15) is 5.00 Å². The van der Waals surface area contributed by atoms with Gasteiger partial charge < -0.3 is 15.5 Å². The molecule has 0 aliphatic carbocycles. The van der Waals surface area contributed by atoms with Crippen molar-refractivity contribution in [2.24, 2.45) is 5.92 Å². The summed E-state index contributed by atoms with van der Waals surface area (Å²) in [4.78, 5) is 27.5. The van der Waals surface area contributed by atoms with E-state index in [1.807, 2.05) is 47.7 Å². The van der Waals surface area contributed by atoms with Crippen molar-refractivity contribution >= 4 is 28.2 Å². The summed E-state index contributed by atoms with van der Waals surface area (Å²) in [6.07, 6.45) is 3.11. The number of aryl methyl sites for hydroxylation is 1. The number of benzene rings is 1. The summed E-state index contributed by atoms with van der Waals surface area (Å²) >= 11 is 1.39. The standard InChI is InChI=1S/C21H27N3O2S/c1-3-15-6-8-17(9-7-15)19(25)23-20-18(10-12-27-20)21(26)24-11-4-5-16(14-24)13-22-2/h6-10,12,16,22H,3-5,11,13-14H2,1-2H3,(H,23,25). The Hall–Kier alpha value is -2.18. The quantitative estimate of drug-likeness (QED) is 0.798. The fourth-order valence-corrected chi connectivity index (χ4v) is 4.29. The van der Waals surface area contributed by atoms with Crippen LogP contribution in [0.4, 0.5) is 5.00 Å². The third kappa shape index (κ3) is 4.76. The van der Waals surface area contributed by atoms with Crippen molar-refractivity contribution in [1.29, 1.82) is 0 Å². The maximum atomic E-state index is 13.0. The van der Waals surface area contributed by atoms with E-state index in [0.29, 0.717) is 22.0 Å². The maximum Gasteiger partial charge on any atom is 0.256 e. The molecule has 1 saturated heterocycles. The van der Waals surface area contributed by atoms with Crippen LogP contribution in [0.3, 0.4) is 0 Å². The van der Waals surface area contributed by atoms with Gasteiger partial charge in [0, 0.05) is 18.7 Å². The molecule has 3 rings (SSSR count). The second-order valence-electron chi connectivity index (χ2n) is 6.99. The molecule has 1 aliphatic heterocycles. The van der Waals surface area contributed by atoms with Gasteiger partial charge in [-0.2, -0.15) is 0 Å². The van der Waals surface area contributed by atoms with Gasteiger partial charge in [-0.25, -0.2) is 0 Å². The van der Waals surface area contributed by atoms with Crippen molar-refractivity contribution in [3.8, 4) is 0 Å². The number of hydrogen-bond donors (Lipinski definition) is 2. The molecule has 2 heterocycles. The molecule has 1 aromatic heterocycles. The van der Waals surface area contributed by atoms with Crippen molar-refractivity contribution < 1.29 is 9.59 Å². The topological polar surface area (TPSA) is 61.4 Å². The predicted molar refractivity (Wildman–Crippen MR) is 111 cm³/mol. The van der Waals surface area contributed by atoms with Crippen molar-refractivity contribution in [2.45, 2.75) is 26.2 Å². The lowest BCUT2D eigenvalue weighted by molar-refractivity contribution is 0.0676. The van der Waals surface area contributed by atoms with E-state index < -0.39 is 0 Å². The molecule has 1 unspecified atom stereocenters. The van der Waals surface area contributed by atoms with Crippen LogP contribution >= 0.6 is 11.3 Å². The molecule has 1 fully saturated rings. The zero-order chi connectivity index (χ0) is 19.2. The Labute approximate surface area is 164 Å². The Morgan fingerprint density at radius 2 is 2.00 bits per heavy atom. The second-order valence-corrected chi connectivity index (χ2v) is 7.90. The van der Waals surface area contributed by atoms with Gasteiger partial charge in [0.25, 0.3) is 11.8 Å². The number of thiophene rings is 1. The van der Waals surface area contributed by atoms with E-state index in [1.54, 1.807) is 0 Å². The van der Waals surface area contributed by atoms with Gasteiger partial charge in [-0.1, -0.05) is 19.1 Å². The summed E-state index contributed by atoms with van der Waals surface area (Å²) in [7, 11) is 1.94. The molecule has 0 bridgehead atoms. The average Bonchev–Trinajstić information content (AvgIpc) is 3.16. The van der Waals surface area contributed by atoms with Crippen LogP contribution in [0.25, 0.3) is 0 Å². The first-order valence-corrected chi connectivity index (χ1v) is 10.4. The van der Waals surface area contributed by atoms with E-state index >= 15 is 0 Å². The number of anilines is 1. The minimum atomic E-state index is -0.180. The Kier molecular flexibility index (Phi) is 6.63. The lowest BCUT2D eigenvalue weighted by Gasteiger charge is -2.32. The molecule has 2 N–H and O–H groups in total. The van der Waals surface area contributed by atoms with E-state index in [4.69, 9.17) is 0 Å². The monoisotopic (exact) mass is 385 g/mol. The minimum absolute atomic E-state index is 0.00804. The highest BCUT2D eigenvalue weighted by atomic mass is 32.1. The third-order valence-corrected chi connectivity index (χ3v) is 5.88. The number of rotatable bonds is 6. The maximum absolute atomic E-state index is 13.0. The lowest BCUT2D eigenvalue weighted by Crippen LogP contribution is -2.42. The van der Waals surface area contributed by atoms with Gasteiger partial charge in [-0.3, -0.25) is 9.59 Å². The van der Waals surface area contributed by atoms with Gasteiger partial charge in [0.2, 0.25) is 0 Å². The average molecular weight is 386 g/mol. The van der Waals surface area contributed by atoms with Crippen LogP contribution in [0.1, 0.15) is 46.0 Å². The van der Waals surface area contributed by atoms with Crippen molar-refractivity contribution in [3.05, 3.63) is 52.4 Å². The molecule has 27 heavy (non-hydrogen) atoms. The summed E-state index contributed by atoms with van der Waals surface area (Å²) in [5.74, 6) is 0.316. The van der Waals surface area contributed by atoms with Crippen LogP contribution in [0.5, 0.6) is 0 Å². The summed E-state index contributed by atoms with van der Waals surface area (Å²) in [6, 6.07) is 9.40.